The third-order valence-electron chi connectivity index (χ3n) is 3.39. The van der Waals surface area contributed by atoms with Crippen molar-refractivity contribution >= 4 is 23.4 Å². The Morgan fingerprint density at radius 2 is 1.54 bits per heavy atom. The Balaban J connectivity index is 1.57. The second-order valence-electron chi connectivity index (χ2n) is 5.31. The molecule has 0 radical (unpaired) electrons. The molecule has 1 N–H and O–H groups in total. The number of rotatable bonds is 7. The van der Waals surface area contributed by atoms with Crippen LogP contribution in [0.3, 0.4) is 0 Å². The number of ether oxygens (including phenoxy) is 1. The largest absolute Gasteiger partial charge is 0.439 e. The maximum atomic E-state index is 10.6. The Morgan fingerprint density at radius 1 is 0.893 bits per heavy atom. The number of hydrogen-bond acceptors (Lipinski definition) is 9. The number of aromatic nitrogens is 2. The van der Waals surface area contributed by atoms with Gasteiger partial charge in [-0.25, -0.2) is 9.97 Å². The lowest BCUT2D eigenvalue weighted by molar-refractivity contribution is -0.385. The molecule has 1 aromatic carbocycles. The van der Waals surface area contributed by atoms with E-state index in [1.807, 2.05) is 0 Å². The van der Waals surface area contributed by atoms with Crippen LogP contribution < -0.4 is 10.2 Å². The van der Waals surface area contributed by atoms with Crippen LogP contribution >= 0.6 is 0 Å². The molecule has 0 fully saturated rings. The molecule has 0 atom stereocenters. The van der Waals surface area contributed by atoms with Gasteiger partial charge in [0.05, 0.1) is 16.1 Å². The summed E-state index contributed by atoms with van der Waals surface area (Å²) in [4.78, 5) is 27.8. The van der Waals surface area contributed by atoms with Gasteiger partial charge in [0.25, 0.3) is 11.4 Å². The summed E-state index contributed by atoms with van der Waals surface area (Å²) < 4.78 is 5.51. The van der Waals surface area contributed by atoms with Crippen molar-refractivity contribution in [2.45, 2.75) is 0 Å². The fraction of sp³-hybridized carbons (Fsp3) is 0. The molecule has 3 aromatic rings. The predicted octanol–water partition coefficient (Wildman–Crippen LogP) is 3.53. The van der Waals surface area contributed by atoms with Crippen LogP contribution in [0.15, 0.2) is 66.0 Å². The van der Waals surface area contributed by atoms with Crippen LogP contribution in [0, 0.1) is 20.2 Å². The van der Waals surface area contributed by atoms with E-state index in [1.165, 1.54) is 30.5 Å². The molecular weight excluding hydrogens is 368 g/mol. The van der Waals surface area contributed by atoms with Gasteiger partial charge < -0.3 is 4.74 Å². The molecule has 0 bridgehead atoms. The summed E-state index contributed by atoms with van der Waals surface area (Å²) in [6, 6.07) is 12.4. The maximum absolute atomic E-state index is 10.6. The molecule has 28 heavy (non-hydrogen) atoms. The zero-order valence-electron chi connectivity index (χ0n) is 14.1. The molecule has 0 spiro atoms. The van der Waals surface area contributed by atoms with Crippen molar-refractivity contribution < 1.29 is 14.6 Å². The maximum Gasteiger partial charge on any atom is 0.287 e. The Kier molecular flexibility index (Phi) is 5.46. The quantitative estimate of drug-likeness (QED) is 0.372. The number of nitro groups is 2. The first-order valence-electron chi connectivity index (χ1n) is 7.79. The number of nitrogens with one attached hydrogen (secondary N) is 1. The fourth-order valence-corrected chi connectivity index (χ4v) is 2.02. The summed E-state index contributed by atoms with van der Waals surface area (Å²) in [5.74, 6) is 1.10. The van der Waals surface area contributed by atoms with Gasteiger partial charge in [-0.3, -0.25) is 25.7 Å². The number of anilines is 1. The molecule has 0 amide bonds. The molecule has 2 aromatic heterocycles. The average molecular weight is 380 g/mol. The molecule has 140 valence electrons. The summed E-state index contributed by atoms with van der Waals surface area (Å²) in [6.45, 7) is 0. The number of hydrogen-bond donors (Lipinski definition) is 1. The Labute approximate surface area is 157 Å². The van der Waals surface area contributed by atoms with E-state index in [0.717, 1.165) is 18.0 Å². The minimum Gasteiger partial charge on any atom is -0.439 e. The number of hydrazone groups is 1. The third-order valence-corrected chi connectivity index (χ3v) is 3.39. The highest BCUT2D eigenvalue weighted by molar-refractivity contribution is 5.80. The normalized spacial score (nSPS) is 10.6. The lowest BCUT2D eigenvalue weighted by atomic mass is 10.2. The second kappa shape index (κ2) is 8.31. The molecule has 0 saturated carbocycles. The third kappa shape index (κ3) is 4.82. The van der Waals surface area contributed by atoms with E-state index >= 15 is 0 Å². The summed E-state index contributed by atoms with van der Waals surface area (Å²) in [7, 11) is 0. The standard InChI is InChI=1S/C17H12N6O5/c24-22(25)13-3-7-16(18-10-13)21-20-9-12-1-5-15(6-2-12)28-17-8-4-14(11-19-17)23(26)27/h1-11H,(H,18,21). The van der Waals surface area contributed by atoms with Crippen LogP contribution in [0.5, 0.6) is 11.6 Å². The number of pyridine rings is 2. The van der Waals surface area contributed by atoms with E-state index in [9.17, 15) is 20.2 Å². The molecule has 11 heteroatoms. The van der Waals surface area contributed by atoms with Crippen LogP contribution in [0.4, 0.5) is 17.2 Å². The van der Waals surface area contributed by atoms with E-state index in [-0.39, 0.29) is 17.3 Å². The first kappa shape index (κ1) is 18.4. The molecular formula is C17H12N6O5. The molecule has 0 aliphatic heterocycles. The summed E-state index contributed by atoms with van der Waals surface area (Å²) >= 11 is 0. The van der Waals surface area contributed by atoms with Gasteiger partial charge in [-0.2, -0.15) is 5.10 Å². The smallest absolute Gasteiger partial charge is 0.287 e. The second-order valence-corrected chi connectivity index (χ2v) is 5.31. The first-order chi connectivity index (χ1) is 13.5. The zero-order valence-corrected chi connectivity index (χ0v) is 14.1. The summed E-state index contributed by atoms with van der Waals surface area (Å²) in [6.07, 6.45) is 3.79. The highest BCUT2D eigenvalue weighted by atomic mass is 16.6. The molecule has 0 aliphatic carbocycles. The van der Waals surface area contributed by atoms with Crippen molar-refractivity contribution in [3.63, 3.8) is 0 Å². The summed E-state index contributed by atoms with van der Waals surface area (Å²) in [5, 5.41) is 25.2. The van der Waals surface area contributed by atoms with Gasteiger partial charge in [0.2, 0.25) is 5.88 Å². The van der Waals surface area contributed by atoms with Crippen LogP contribution in [0.2, 0.25) is 0 Å². The molecule has 0 unspecified atom stereocenters. The Morgan fingerprint density at radius 3 is 2.07 bits per heavy atom. The van der Waals surface area contributed by atoms with Crippen molar-refractivity contribution in [1.29, 1.82) is 0 Å². The van der Waals surface area contributed by atoms with Crippen LogP contribution in [0.25, 0.3) is 0 Å². The van der Waals surface area contributed by atoms with Crippen LogP contribution in [-0.4, -0.2) is 26.0 Å². The molecule has 0 saturated heterocycles. The summed E-state index contributed by atoms with van der Waals surface area (Å²) in [5.41, 5.74) is 3.21. The lowest BCUT2D eigenvalue weighted by Gasteiger charge is -2.04. The van der Waals surface area contributed by atoms with Gasteiger partial charge >= 0.3 is 0 Å². The van der Waals surface area contributed by atoms with Gasteiger partial charge in [-0.05, 0) is 35.9 Å². The zero-order chi connectivity index (χ0) is 19.9. The van der Waals surface area contributed by atoms with Gasteiger partial charge in [0, 0.05) is 18.2 Å². The average Bonchev–Trinajstić information content (AvgIpc) is 2.70. The van der Waals surface area contributed by atoms with Crippen molar-refractivity contribution in [2.24, 2.45) is 5.10 Å². The Hall–Kier alpha value is -4.41. The predicted molar refractivity (Wildman–Crippen MR) is 99.5 cm³/mol. The van der Waals surface area contributed by atoms with E-state index in [0.29, 0.717) is 11.6 Å². The number of benzene rings is 1. The minimum atomic E-state index is -0.537. The van der Waals surface area contributed by atoms with E-state index in [1.54, 1.807) is 24.3 Å². The highest BCUT2D eigenvalue weighted by Gasteiger charge is 2.06. The van der Waals surface area contributed by atoms with E-state index in [4.69, 9.17) is 4.74 Å². The van der Waals surface area contributed by atoms with Crippen LogP contribution in [0.1, 0.15) is 5.56 Å². The van der Waals surface area contributed by atoms with Gasteiger partial charge in [-0.1, -0.05) is 0 Å². The van der Waals surface area contributed by atoms with Crippen molar-refractivity contribution in [3.05, 3.63) is 86.7 Å². The van der Waals surface area contributed by atoms with Crippen molar-refractivity contribution in [2.75, 3.05) is 5.43 Å². The first-order valence-corrected chi connectivity index (χ1v) is 7.79. The van der Waals surface area contributed by atoms with Gasteiger partial charge in [0.15, 0.2) is 0 Å². The SMILES string of the molecule is O=[N+]([O-])c1ccc(NN=Cc2ccc(Oc3ccc([N+](=O)[O-])cn3)cc2)nc1. The highest BCUT2D eigenvalue weighted by Crippen LogP contribution is 2.21. The molecule has 2 heterocycles. The fourth-order valence-electron chi connectivity index (χ4n) is 2.02. The monoisotopic (exact) mass is 380 g/mol. The van der Waals surface area contributed by atoms with Gasteiger partial charge in [0.1, 0.15) is 24.0 Å². The van der Waals surface area contributed by atoms with Crippen molar-refractivity contribution in [1.82, 2.24) is 9.97 Å². The lowest BCUT2D eigenvalue weighted by Crippen LogP contribution is -1.95. The molecule has 0 aliphatic rings. The Bertz CT molecular complexity index is 1000. The topological polar surface area (TPSA) is 146 Å². The minimum absolute atomic E-state index is 0.104. The van der Waals surface area contributed by atoms with E-state index in [2.05, 4.69) is 20.5 Å². The van der Waals surface area contributed by atoms with E-state index < -0.39 is 9.85 Å². The van der Waals surface area contributed by atoms with Crippen molar-refractivity contribution in [3.8, 4) is 11.6 Å². The number of nitrogens with zero attached hydrogens (tertiary/aromatic N) is 5. The van der Waals surface area contributed by atoms with Crippen LogP contribution in [-0.2, 0) is 0 Å². The molecule has 11 nitrogen and oxygen atoms in total. The van der Waals surface area contributed by atoms with Gasteiger partial charge in [-0.15, -0.1) is 0 Å². The molecule has 3 rings (SSSR count).